The van der Waals surface area contributed by atoms with Crippen molar-refractivity contribution in [3.05, 3.63) is 99.7 Å². The van der Waals surface area contributed by atoms with Gasteiger partial charge in [-0.2, -0.15) is 0 Å². The Balaban J connectivity index is 1.48. The van der Waals surface area contributed by atoms with Gasteiger partial charge in [0.05, 0.1) is 23.0 Å². The normalized spacial score (nSPS) is 13.5. The lowest BCUT2D eigenvalue weighted by Crippen LogP contribution is -2.34. The van der Waals surface area contributed by atoms with E-state index in [0.29, 0.717) is 22.5 Å². The second-order valence-electron chi connectivity index (χ2n) is 8.87. The largest absolute Gasteiger partial charge is 0.397 e. The molecule has 0 atom stereocenters. The molecular formula is C28H27ClF2N4O2. The van der Waals surface area contributed by atoms with Crippen molar-refractivity contribution < 1.29 is 18.4 Å². The number of likely N-dealkylation sites (tertiary alicyclic amines) is 1. The minimum Gasteiger partial charge on any atom is -0.397 e. The predicted octanol–water partition coefficient (Wildman–Crippen LogP) is 5.37. The summed E-state index contributed by atoms with van der Waals surface area (Å²) < 4.78 is 27.1. The lowest BCUT2D eigenvalue weighted by Gasteiger charge is -2.15. The van der Waals surface area contributed by atoms with Crippen LogP contribution in [0.3, 0.4) is 0 Å². The van der Waals surface area contributed by atoms with Gasteiger partial charge in [0.2, 0.25) is 5.91 Å². The monoisotopic (exact) mass is 524 g/mol. The Morgan fingerprint density at radius 2 is 1.78 bits per heavy atom. The highest BCUT2D eigenvalue weighted by Gasteiger charge is 2.18. The Hall–Kier alpha value is -3.91. The van der Waals surface area contributed by atoms with E-state index in [-0.39, 0.29) is 34.5 Å². The molecule has 0 spiro atoms. The van der Waals surface area contributed by atoms with Gasteiger partial charge < -0.3 is 21.3 Å². The maximum Gasteiger partial charge on any atom is 0.241 e. The number of nitrogens with two attached hydrogens (primary N) is 1. The molecule has 1 fully saturated rings. The van der Waals surface area contributed by atoms with Gasteiger partial charge in [-0.1, -0.05) is 23.7 Å². The van der Waals surface area contributed by atoms with E-state index < -0.39 is 11.6 Å². The van der Waals surface area contributed by atoms with Gasteiger partial charge in [-0.25, -0.2) is 8.78 Å². The molecule has 4 N–H and O–H groups in total. The Bertz CT molecular complexity index is 1370. The molecule has 6 nitrogen and oxygen atoms in total. The van der Waals surface area contributed by atoms with Gasteiger partial charge in [0.15, 0.2) is 5.78 Å². The van der Waals surface area contributed by atoms with Crippen molar-refractivity contribution in [2.24, 2.45) is 5.73 Å². The second-order valence-corrected chi connectivity index (χ2v) is 9.28. The Morgan fingerprint density at radius 1 is 1.03 bits per heavy atom. The van der Waals surface area contributed by atoms with E-state index in [0.717, 1.165) is 43.6 Å². The highest BCUT2D eigenvalue weighted by atomic mass is 35.5. The highest BCUT2D eigenvalue weighted by Crippen LogP contribution is 2.28. The van der Waals surface area contributed by atoms with Crippen LogP contribution in [-0.2, 0) is 4.79 Å². The van der Waals surface area contributed by atoms with Gasteiger partial charge in [0, 0.05) is 42.2 Å². The summed E-state index contributed by atoms with van der Waals surface area (Å²) in [6, 6.07) is 13.1. The molecule has 1 aliphatic rings. The summed E-state index contributed by atoms with van der Waals surface area (Å²) in [5.41, 5.74) is 9.18. The fraction of sp³-hybridized carbons (Fsp3) is 0.214. The Morgan fingerprint density at radius 3 is 2.49 bits per heavy atom. The third kappa shape index (κ3) is 6.27. The molecule has 0 aromatic heterocycles. The predicted molar refractivity (Wildman–Crippen MR) is 142 cm³/mol. The first-order valence-corrected chi connectivity index (χ1v) is 12.2. The number of hydrogen-bond donors (Lipinski definition) is 3. The number of carbonyl (C=O) groups is 2. The summed E-state index contributed by atoms with van der Waals surface area (Å²) in [7, 11) is 0. The fourth-order valence-corrected chi connectivity index (χ4v) is 4.39. The summed E-state index contributed by atoms with van der Waals surface area (Å²) >= 11 is 6.42. The number of nitrogens with zero attached hydrogens (tertiary/aromatic N) is 1. The molecule has 0 aliphatic carbocycles. The minimum atomic E-state index is -0.746. The molecule has 1 saturated heterocycles. The average molecular weight is 525 g/mol. The van der Waals surface area contributed by atoms with E-state index in [2.05, 4.69) is 10.6 Å². The van der Waals surface area contributed by atoms with E-state index in [9.17, 15) is 18.4 Å². The molecule has 0 unspecified atom stereocenters. The number of benzene rings is 3. The molecular weight excluding hydrogens is 498 g/mol. The molecule has 1 aliphatic heterocycles. The summed E-state index contributed by atoms with van der Waals surface area (Å²) in [4.78, 5) is 27.4. The molecule has 37 heavy (non-hydrogen) atoms. The number of ketones is 1. The van der Waals surface area contributed by atoms with Crippen LogP contribution in [0.5, 0.6) is 0 Å². The molecule has 1 amide bonds. The number of rotatable bonds is 8. The number of nitrogens with one attached hydrogen (secondary N) is 2. The topological polar surface area (TPSA) is 87.5 Å². The SMILES string of the molecule is Cc1ccc(/C(N)=C/NCC(=O)N2CCCC2)cc1C(=O)c1ccc(Nc2ccc(F)cc2F)cc1Cl. The van der Waals surface area contributed by atoms with Crippen LogP contribution in [0.1, 0.15) is 39.9 Å². The smallest absolute Gasteiger partial charge is 0.241 e. The van der Waals surface area contributed by atoms with Crippen molar-refractivity contribution in [3.8, 4) is 0 Å². The minimum absolute atomic E-state index is 0.0241. The van der Waals surface area contributed by atoms with E-state index in [1.54, 1.807) is 36.5 Å². The van der Waals surface area contributed by atoms with Crippen molar-refractivity contribution in [2.45, 2.75) is 19.8 Å². The Labute approximate surface area is 219 Å². The molecule has 9 heteroatoms. The number of halogens is 3. The molecule has 0 radical (unpaired) electrons. The van der Waals surface area contributed by atoms with Crippen LogP contribution < -0.4 is 16.4 Å². The molecule has 1 heterocycles. The summed E-state index contributed by atoms with van der Waals surface area (Å²) in [6.45, 7) is 3.53. The van der Waals surface area contributed by atoms with Crippen LogP contribution in [-0.4, -0.2) is 36.2 Å². The van der Waals surface area contributed by atoms with Gasteiger partial charge in [-0.3, -0.25) is 9.59 Å². The van der Waals surface area contributed by atoms with Gasteiger partial charge in [0.25, 0.3) is 0 Å². The van der Waals surface area contributed by atoms with Crippen LogP contribution in [0.25, 0.3) is 5.70 Å². The van der Waals surface area contributed by atoms with Crippen molar-refractivity contribution in [3.63, 3.8) is 0 Å². The van der Waals surface area contributed by atoms with Gasteiger partial charge in [-0.15, -0.1) is 0 Å². The van der Waals surface area contributed by atoms with Crippen molar-refractivity contribution in [2.75, 3.05) is 25.0 Å². The third-order valence-electron chi connectivity index (χ3n) is 6.21. The van der Waals surface area contributed by atoms with Crippen molar-refractivity contribution in [1.29, 1.82) is 0 Å². The van der Waals surface area contributed by atoms with Crippen LogP contribution >= 0.6 is 11.6 Å². The zero-order chi connectivity index (χ0) is 26.5. The highest BCUT2D eigenvalue weighted by molar-refractivity contribution is 6.35. The van der Waals surface area contributed by atoms with Gasteiger partial charge in [-0.05, 0) is 67.3 Å². The number of hydrogen-bond acceptors (Lipinski definition) is 5. The number of anilines is 2. The van der Waals surface area contributed by atoms with Crippen LogP contribution in [0.4, 0.5) is 20.2 Å². The first-order valence-electron chi connectivity index (χ1n) is 11.9. The van der Waals surface area contributed by atoms with Crippen molar-refractivity contribution >= 4 is 40.4 Å². The van der Waals surface area contributed by atoms with E-state index in [4.69, 9.17) is 17.3 Å². The van der Waals surface area contributed by atoms with E-state index in [1.165, 1.54) is 12.1 Å². The Kier molecular flexibility index (Phi) is 8.08. The van der Waals surface area contributed by atoms with E-state index >= 15 is 0 Å². The summed E-state index contributed by atoms with van der Waals surface area (Å²) in [5, 5.41) is 5.96. The maximum atomic E-state index is 14.0. The van der Waals surface area contributed by atoms with Gasteiger partial charge >= 0.3 is 0 Å². The standard InChI is InChI=1S/C28H27ClF2N4O2/c1-17-4-5-18(25(32)15-33-16-27(36)35-10-2-3-11-35)12-22(17)28(37)21-8-7-20(14-23(21)29)34-26-9-6-19(30)13-24(26)31/h4-9,12-15,33-34H,2-3,10-11,16,32H2,1H3/b25-15-. The molecule has 192 valence electrons. The molecule has 4 rings (SSSR count). The molecule has 3 aromatic rings. The third-order valence-corrected chi connectivity index (χ3v) is 6.52. The molecule has 0 bridgehead atoms. The molecule has 3 aromatic carbocycles. The first kappa shape index (κ1) is 26.2. The van der Waals surface area contributed by atoms with Crippen LogP contribution in [0.2, 0.25) is 5.02 Å². The second kappa shape index (κ2) is 11.4. The maximum absolute atomic E-state index is 14.0. The van der Waals surface area contributed by atoms with Crippen molar-refractivity contribution in [1.82, 2.24) is 10.2 Å². The summed E-state index contributed by atoms with van der Waals surface area (Å²) in [5.74, 6) is -1.70. The van der Waals surface area contributed by atoms with Crippen LogP contribution in [0, 0.1) is 18.6 Å². The zero-order valence-electron chi connectivity index (χ0n) is 20.3. The number of carbonyl (C=O) groups excluding carboxylic acids is 2. The number of aryl methyl sites for hydroxylation is 1. The lowest BCUT2D eigenvalue weighted by atomic mass is 9.96. The van der Waals surface area contributed by atoms with Gasteiger partial charge in [0.1, 0.15) is 11.6 Å². The molecule has 0 saturated carbocycles. The first-order chi connectivity index (χ1) is 17.7. The van der Waals surface area contributed by atoms with E-state index in [1.807, 2.05) is 11.8 Å². The van der Waals surface area contributed by atoms with Crippen LogP contribution in [0.15, 0.2) is 60.8 Å². The lowest BCUT2D eigenvalue weighted by molar-refractivity contribution is -0.128. The average Bonchev–Trinajstić information content (AvgIpc) is 3.41. The zero-order valence-corrected chi connectivity index (χ0v) is 21.0. The summed E-state index contributed by atoms with van der Waals surface area (Å²) in [6.07, 6.45) is 3.62. The quantitative estimate of drug-likeness (QED) is 0.345. The number of amides is 1. The fourth-order valence-electron chi connectivity index (χ4n) is 4.12.